The molecule has 4 aromatic rings. The highest BCUT2D eigenvalue weighted by molar-refractivity contribution is 6.05. The molecule has 0 aliphatic carbocycles. The number of hydrogen-bond acceptors (Lipinski definition) is 8. The first-order valence-electron chi connectivity index (χ1n) is 13.4. The Morgan fingerprint density at radius 1 is 0.974 bits per heavy atom. The van der Waals surface area contributed by atoms with Crippen molar-refractivity contribution in [3.63, 3.8) is 0 Å². The van der Waals surface area contributed by atoms with E-state index < -0.39 is 0 Å². The maximum absolute atomic E-state index is 13.3. The van der Waals surface area contributed by atoms with Crippen LogP contribution in [0.5, 0.6) is 0 Å². The molecular weight excluding hydrogens is 488 g/mol. The third-order valence-electron chi connectivity index (χ3n) is 6.81. The zero-order chi connectivity index (χ0) is 27.2. The number of anilines is 4. The lowest BCUT2D eigenvalue weighted by Crippen LogP contribution is -2.46. The molecule has 4 heterocycles. The smallest absolute Gasteiger partial charge is 0.255 e. The summed E-state index contributed by atoms with van der Waals surface area (Å²) in [5, 5.41) is 6.26. The third kappa shape index (κ3) is 6.56. The van der Waals surface area contributed by atoms with E-state index >= 15 is 0 Å². The molecule has 2 N–H and O–H groups in total. The molecule has 3 aromatic heterocycles. The summed E-state index contributed by atoms with van der Waals surface area (Å²) < 4.78 is 0. The fraction of sp³-hybridized carbons (Fsp3) is 0.300. The van der Waals surface area contributed by atoms with Crippen LogP contribution in [0.3, 0.4) is 0 Å². The predicted molar refractivity (Wildman–Crippen MR) is 156 cm³/mol. The average molecular weight is 523 g/mol. The SMILES string of the molecule is CCCN1CCN(c2cc(C)cc(C(=O)Nc3cnc(C)c(Nc4nccc(-c5cccnc5)n4)c3)c2)CC1. The molecule has 9 nitrogen and oxygen atoms in total. The number of piperazine rings is 1. The Hall–Kier alpha value is -4.37. The highest BCUT2D eigenvalue weighted by atomic mass is 16.1. The number of aromatic nitrogens is 4. The standard InChI is InChI=1S/C30H34N8O/c1-4-10-37-11-13-38(14-12-37)26-16-21(2)15-24(17-26)29(39)34-25-18-28(22(3)33-20-25)36-30-32-9-7-27(35-30)23-6-5-8-31-19-23/h5-9,15-20H,4,10-14H2,1-3H3,(H,34,39)(H,32,35,36). The van der Waals surface area contributed by atoms with Crippen molar-refractivity contribution in [3.05, 3.63) is 84.1 Å². The molecule has 200 valence electrons. The van der Waals surface area contributed by atoms with Crippen molar-refractivity contribution in [3.8, 4) is 11.3 Å². The van der Waals surface area contributed by atoms with Gasteiger partial charge in [0.1, 0.15) is 0 Å². The fourth-order valence-electron chi connectivity index (χ4n) is 4.77. The number of amides is 1. The largest absolute Gasteiger partial charge is 0.369 e. The lowest BCUT2D eigenvalue weighted by molar-refractivity contribution is 0.102. The molecule has 39 heavy (non-hydrogen) atoms. The van der Waals surface area contributed by atoms with E-state index in [0.717, 1.165) is 60.9 Å². The minimum atomic E-state index is -0.170. The summed E-state index contributed by atoms with van der Waals surface area (Å²) in [6.07, 6.45) is 8.02. The molecule has 1 aromatic carbocycles. The van der Waals surface area contributed by atoms with Crippen molar-refractivity contribution in [1.82, 2.24) is 24.8 Å². The van der Waals surface area contributed by atoms with E-state index in [1.807, 2.05) is 50.2 Å². The van der Waals surface area contributed by atoms with Crippen LogP contribution in [0.4, 0.5) is 23.0 Å². The van der Waals surface area contributed by atoms with Gasteiger partial charge in [-0.05, 0) is 74.8 Å². The van der Waals surface area contributed by atoms with Gasteiger partial charge >= 0.3 is 0 Å². The molecule has 1 saturated heterocycles. The predicted octanol–water partition coefficient (Wildman–Crippen LogP) is 5.08. The van der Waals surface area contributed by atoms with Crippen molar-refractivity contribution in [2.75, 3.05) is 48.3 Å². The zero-order valence-electron chi connectivity index (χ0n) is 22.7. The van der Waals surface area contributed by atoms with Crippen LogP contribution in [0.25, 0.3) is 11.3 Å². The maximum Gasteiger partial charge on any atom is 0.255 e. The normalized spacial score (nSPS) is 13.8. The number of carbonyl (C=O) groups excluding carboxylic acids is 1. The van der Waals surface area contributed by atoms with Crippen LogP contribution in [-0.4, -0.2) is 63.5 Å². The van der Waals surface area contributed by atoms with Gasteiger partial charge in [-0.2, -0.15) is 0 Å². The van der Waals surface area contributed by atoms with Crippen molar-refractivity contribution >= 4 is 28.9 Å². The van der Waals surface area contributed by atoms with E-state index in [2.05, 4.69) is 53.4 Å². The first-order valence-corrected chi connectivity index (χ1v) is 13.4. The average Bonchev–Trinajstić information content (AvgIpc) is 2.96. The van der Waals surface area contributed by atoms with Gasteiger partial charge in [-0.25, -0.2) is 9.97 Å². The van der Waals surface area contributed by atoms with Crippen molar-refractivity contribution in [2.24, 2.45) is 0 Å². The minimum Gasteiger partial charge on any atom is -0.369 e. The maximum atomic E-state index is 13.3. The second-order valence-electron chi connectivity index (χ2n) is 9.83. The Morgan fingerprint density at radius 3 is 2.59 bits per heavy atom. The molecule has 1 fully saturated rings. The lowest BCUT2D eigenvalue weighted by Gasteiger charge is -2.36. The molecule has 0 spiro atoms. The van der Waals surface area contributed by atoms with Crippen LogP contribution >= 0.6 is 0 Å². The van der Waals surface area contributed by atoms with Crippen molar-refractivity contribution in [1.29, 1.82) is 0 Å². The molecule has 0 saturated carbocycles. The van der Waals surface area contributed by atoms with E-state index in [4.69, 9.17) is 0 Å². The van der Waals surface area contributed by atoms with E-state index in [0.29, 0.717) is 22.9 Å². The number of pyridine rings is 2. The van der Waals surface area contributed by atoms with Crippen molar-refractivity contribution in [2.45, 2.75) is 27.2 Å². The fourth-order valence-corrected chi connectivity index (χ4v) is 4.77. The van der Waals surface area contributed by atoms with Gasteiger partial charge in [-0.3, -0.25) is 19.7 Å². The quantitative estimate of drug-likeness (QED) is 0.331. The van der Waals surface area contributed by atoms with E-state index in [1.54, 1.807) is 24.8 Å². The number of rotatable bonds is 8. The Balaban J connectivity index is 1.29. The number of nitrogens with one attached hydrogen (secondary N) is 2. The summed E-state index contributed by atoms with van der Waals surface area (Å²) in [7, 11) is 0. The first kappa shape index (κ1) is 26.2. The van der Waals surface area contributed by atoms with E-state index in [-0.39, 0.29) is 5.91 Å². The van der Waals surface area contributed by atoms with Gasteiger partial charge in [-0.15, -0.1) is 0 Å². The summed E-state index contributed by atoms with van der Waals surface area (Å²) in [6.45, 7) is 11.3. The van der Waals surface area contributed by atoms with Crippen LogP contribution < -0.4 is 15.5 Å². The molecule has 5 rings (SSSR count). The monoisotopic (exact) mass is 522 g/mol. The van der Waals surface area contributed by atoms with Crippen LogP contribution in [0, 0.1) is 13.8 Å². The van der Waals surface area contributed by atoms with Gasteiger partial charge in [-0.1, -0.05) is 6.92 Å². The molecular formula is C30H34N8O. The summed E-state index contributed by atoms with van der Waals surface area (Å²) in [6, 6.07) is 13.6. The molecule has 1 amide bonds. The number of carbonyl (C=O) groups is 1. The number of hydrogen-bond donors (Lipinski definition) is 2. The molecule has 0 bridgehead atoms. The van der Waals surface area contributed by atoms with Gasteiger partial charge in [0.25, 0.3) is 5.91 Å². The molecule has 0 unspecified atom stereocenters. The van der Waals surface area contributed by atoms with Crippen LogP contribution in [0.2, 0.25) is 0 Å². The van der Waals surface area contributed by atoms with Gasteiger partial charge in [0.2, 0.25) is 5.95 Å². The van der Waals surface area contributed by atoms with E-state index in [1.165, 1.54) is 6.42 Å². The van der Waals surface area contributed by atoms with E-state index in [9.17, 15) is 4.79 Å². The molecule has 0 atom stereocenters. The summed E-state index contributed by atoms with van der Waals surface area (Å²) >= 11 is 0. The van der Waals surface area contributed by atoms with Gasteiger partial charge in [0.15, 0.2) is 0 Å². The molecule has 1 aliphatic heterocycles. The Morgan fingerprint density at radius 2 is 1.82 bits per heavy atom. The van der Waals surface area contributed by atoms with Gasteiger partial charge in [0, 0.05) is 61.6 Å². The Bertz CT molecular complexity index is 1430. The number of benzene rings is 1. The number of nitrogens with zero attached hydrogens (tertiary/aromatic N) is 6. The Kier molecular flexibility index (Phi) is 8.07. The minimum absolute atomic E-state index is 0.170. The highest BCUT2D eigenvalue weighted by Crippen LogP contribution is 2.25. The van der Waals surface area contributed by atoms with Crippen molar-refractivity contribution < 1.29 is 4.79 Å². The molecule has 0 radical (unpaired) electrons. The summed E-state index contributed by atoms with van der Waals surface area (Å²) in [5.41, 5.74) is 6.51. The van der Waals surface area contributed by atoms with Crippen LogP contribution in [-0.2, 0) is 0 Å². The summed E-state index contributed by atoms with van der Waals surface area (Å²) in [4.78, 5) is 35.7. The Labute approximate surface area is 229 Å². The first-order chi connectivity index (χ1) is 19.0. The second-order valence-corrected chi connectivity index (χ2v) is 9.83. The second kappa shape index (κ2) is 12.0. The van der Waals surface area contributed by atoms with Gasteiger partial charge in [0.05, 0.1) is 29.0 Å². The molecule has 1 aliphatic rings. The van der Waals surface area contributed by atoms with Crippen LogP contribution in [0.1, 0.15) is 35.0 Å². The van der Waals surface area contributed by atoms with Gasteiger partial charge < -0.3 is 15.5 Å². The zero-order valence-corrected chi connectivity index (χ0v) is 22.7. The summed E-state index contributed by atoms with van der Waals surface area (Å²) in [5.74, 6) is 0.267. The highest BCUT2D eigenvalue weighted by Gasteiger charge is 2.18. The third-order valence-corrected chi connectivity index (χ3v) is 6.81. The number of aryl methyl sites for hydroxylation is 2. The van der Waals surface area contributed by atoms with Crippen LogP contribution in [0.15, 0.2) is 67.3 Å². The topological polar surface area (TPSA) is 99.2 Å². The molecule has 9 heteroatoms. The lowest BCUT2D eigenvalue weighted by atomic mass is 10.1.